The second-order valence-corrected chi connectivity index (χ2v) is 2.89. The first kappa shape index (κ1) is 12.9. The van der Waals surface area contributed by atoms with E-state index in [1.54, 1.807) is 30.6 Å². The number of hydrogen-bond donors (Lipinski definition) is 3. The number of nitrogens with zero attached hydrogens (tertiary/aromatic N) is 2. The summed E-state index contributed by atoms with van der Waals surface area (Å²) in [6.07, 6.45) is 3.31. The first-order chi connectivity index (χ1) is 8.38. The molecular formula is C12H20N4O. The summed E-state index contributed by atoms with van der Waals surface area (Å²) in [5.74, 6) is 0.521. The molecule has 0 amide bonds. The Kier molecular flexibility index (Phi) is 5.46. The average Bonchev–Trinajstić information content (AvgIpc) is 2.42. The Labute approximate surface area is 103 Å². The molecule has 0 saturated heterocycles. The lowest BCUT2D eigenvalue weighted by Gasteiger charge is -2.05. The van der Waals surface area contributed by atoms with Crippen molar-refractivity contribution in [1.82, 2.24) is 9.97 Å². The molecule has 2 aromatic rings. The number of aromatic nitrogens is 2. The van der Waals surface area contributed by atoms with E-state index in [1.807, 2.05) is 26.0 Å². The van der Waals surface area contributed by atoms with E-state index in [1.165, 1.54) is 0 Å². The second-order valence-electron chi connectivity index (χ2n) is 2.89. The third-order valence-electron chi connectivity index (χ3n) is 1.81. The molecule has 94 valence electrons. The zero-order chi connectivity index (χ0) is 12.5. The highest BCUT2D eigenvalue weighted by Crippen LogP contribution is 2.16. The SMILES string of the molecule is CC.ONc1cccc(Nc2ncccn2)c1.[HH].[HH]. The maximum atomic E-state index is 8.72. The smallest absolute Gasteiger partial charge is 0.227 e. The van der Waals surface area contributed by atoms with Gasteiger partial charge in [0, 0.05) is 20.9 Å². The normalized spacial score (nSPS) is 8.88. The lowest BCUT2D eigenvalue weighted by molar-refractivity contribution is 0.389. The molecule has 0 saturated carbocycles. The summed E-state index contributed by atoms with van der Waals surface area (Å²) in [7, 11) is 0. The molecule has 0 aliphatic carbocycles. The summed E-state index contributed by atoms with van der Waals surface area (Å²) in [5, 5.41) is 11.7. The van der Waals surface area contributed by atoms with Gasteiger partial charge in [-0.2, -0.15) is 0 Å². The van der Waals surface area contributed by atoms with Crippen LogP contribution in [-0.2, 0) is 0 Å². The maximum absolute atomic E-state index is 8.72. The van der Waals surface area contributed by atoms with Crippen LogP contribution in [0.3, 0.4) is 0 Å². The van der Waals surface area contributed by atoms with Crippen molar-refractivity contribution in [1.29, 1.82) is 0 Å². The highest BCUT2D eigenvalue weighted by atomic mass is 16.5. The van der Waals surface area contributed by atoms with Crippen molar-refractivity contribution < 1.29 is 8.06 Å². The minimum atomic E-state index is 0. The van der Waals surface area contributed by atoms with Gasteiger partial charge in [-0.25, -0.2) is 9.97 Å². The lowest BCUT2D eigenvalue weighted by atomic mass is 10.3. The summed E-state index contributed by atoms with van der Waals surface area (Å²) >= 11 is 0. The van der Waals surface area contributed by atoms with Gasteiger partial charge in [-0.3, -0.25) is 10.7 Å². The quantitative estimate of drug-likeness (QED) is 0.711. The fraction of sp³-hybridized carbons (Fsp3) is 0.167. The molecule has 2 rings (SSSR count). The first-order valence-electron chi connectivity index (χ1n) is 5.43. The van der Waals surface area contributed by atoms with Crippen LogP contribution in [0.5, 0.6) is 0 Å². The van der Waals surface area contributed by atoms with Crippen LogP contribution in [0.25, 0.3) is 0 Å². The molecule has 1 heterocycles. The molecular weight excluding hydrogens is 216 g/mol. The van der Waals surface area contributed by atoms with E-state index in [0.29, 0.717) is 11.6 Å². The fourth-order valence-electron chi connectivity index (χ4n) is 1.16. The van der Waals surface area contributed by atoms with Gasteiger partial charge in [0.25, 0.3) is 0 Å². The van der Waals surface area contributed by atoms with E-state index in [0.717, 1.165) is 5.69 Å². The Balaban J connectivity index is 0. The van der Waals surface area contributed by atoms with Crippen molar-refractivity contribution in [2.75, 3.05) is 10.8 Å². The summed E-state index contributed by atoms with van der Waals surface area (Å²) < 4.78 is 0. The third kappa shape index (κ3) is 4.08. The number of nitrogens with one attached hydrogen (secondary N) is 2. The summed E-state index contributed by atoms with van der Waals surface area (Å²) in [5.41, 5.74) is 3.49. The van der Waals surface area contributed by atoms with Crippen molar-refractivity contribution in [3.63, 3.8) is 0 Å². The highest BCUT2D eigenvalue weighted by Gasteiger charge is 1.96. The van der Waals surface area contributed by atoms with Gasteiger partial charge in [-0.1, -0.05) is 19.9 Å². The van der Waals surface area contributed by atoms with Gasteiger partial charge in [0.15, 0.2) is 0 Å². The number of rotatable bonds is 3. The molecule has 1 aromatic heterocycles. The van der Waals surface area contributed by atoms with E-state index in [-0.39, 0.29) is 2.85 Å². The number of benzene rings is 1. The largest absolute Gasteiger partial charge is 0.324 e. The molecule has 0 fully saturated rings. The van der Waals surface area contributed by atoms with E-state index in [9.17, 15) is 0 Å². The van der Waals surface area contributed by atoms with Crippen LogP contribution in [-0.4, -0.2) is 15.2 Å². The zero-order valence-electron chi connectivity index (χ0n) is 9.88. The van der Waals surface area contributed by atoms with Crippen LogP contribution in [0.15, 0.2) is 42.7 Å². The molecule has 3 N–H and O–H groups in total. The topological polar surface area (TPSA) is 70.1 Å². The molecule has 17 heavy (non-hydrogen) atoms. The Hall–Kier alpha value is -2.14. The molecule has 0 atom stereocenters. The molecule has 5 nitrogen and oxygen atoms in total. The third-order valence-corrected chi connectivity index (χ3v) is 1.81. The van der Waals surface area contributed by atoms with Crippen LogP contribution in [0.4, 0.5) is 17.3 Å². The highest BCUT2D eigenvalue weighted by molar-refractivity contribution is 5.60. The van der Waals surface area contributed by atoms with Gasteiger partial charge in [-0.05, 0) is 24.3 Å². The van der Waals surface area contributed by atoms with E-state index in [2.05, 4.69) is 20.8 Å². The Morgan fingerprint density at radius 1 is 1.06 bits per heavy atom. The van der Waals surface area contributed by atoms with Gasteiger partial charge in [0.05, 0.1) is 5.69 Å². The Bertz CT molecular complexity index is 443. The van der Waals surface area contributed by atoms with Gasteiger partial charge in [0.1, 0.15) is 0 Å². The molecule has 1 aromatic carbocycles. The van der Waals surface area contributed by atoms with E-state index in [4.69, 9.17) is 5.21 Å². The van der Waals surface area contributed by atoms with Gasteiger partial charge < -0.3 is 5.32 Å². The van der Waals surface area contributed by atoms with Crippen molar-refractivity contribution in [2.45, 2.75) is 13.8 Å². The Morgan fingerprint density at radius 2 is 1.71 bits per heavy atom. The molecule has 0 spiro atoms. The van der Waals surface area contributed by atoms with Crippen molar-refractivity contribution >= 4 is 17.3 Å². The average molecular weight is 236 g/mol. The van der Waals surface area contributed by atoms with Crippen LogP contribution < -0.4 is 10.8 Å². The van der Waals surface area contributed by atoms with Crippen LogP contribution in [0.2, 0.25) is 0 Å². The van der Waals surface area contributed by atoms with Crippen LogP contribution in [0.1, 0.15) is 16.7 Å². The zero-order valence-corrected chi connectivity index (χ0v) is 9.88. The van der Waals surface area contributed by atoms with Gasteiger partial charge >= 0.3 is 0 Å². The van der Waals surface area contributed by atoms with E-state index >= 15 is 0 Å². The summed E-state index contributed by atoms with van der Waals surface area (Å²) in [4.78, 5) is 8.05. The fourth-order valence-corrected chi connectivity index (χ4v) is 1.16. The van der Waals surface area contributed by atoms with Crippen molar-refractivity contribution in [3.8, 4) is 0 Å². The Morgan fingerprint density at radius 3 is 2.35 bits per heavy atom. The second kappa shape index (κ2) is 7.19. The minimum Gasteiger partial charge on any atom is -0.324 e. The molecule has 0 bridgehead atoms. The summed E-state index contributed by atoms with van der Waals surface area (Å²) in [6.45, 7) is 4.00. The molecule has 0 radical (unpaired) electrons. The standard InChI is InChI=1S/C10H10N4O.C2H6.2H2/c15-14-9-4-1-3-8(7-9)13-10-11-5-2-6-12-10;1-2;;/h1-7,14-15H,(H,11,12,13);1-2H3;2*1H. The molecule has 0 unspecified atom stereocenters. The molecule has 0 aliphatic rings. The van der Waals surface area contributed by atoms with Gasteiger partial charge in [0.2, 0.25) is 5.95 Å². The number of anilines is 3. The van der Waals surface area contributed by atoms with Crippen LogP contribution in [0, 0.1) is 0 Å². The lowest BCUT2D eigenvalue weighted by Crippen LogP contribution is -1.96. The molecule has 5 heteroatoms. The monoisotopic (exact) mass is 236 g/mol. The summed E-state index contributed by atoms with van der Waals surface area (Å²) in [6, 6.07) is 8.91. The maximum Gasteiger partial charge on any atom is 0.227 e. The van der Waals surface area contributed by atoms with E-state index < -0.39 is 0 Å². The minimum absolute atomic E-state index is 0. The van der Waals surface area contributed by atoms with Crippen molar-refractivity contribution in [3.05, 3.63) is 42.7 Å². The van der Waals surface area contributed by atoms with Crippen molar-refractivity contribution in [2.24, 2.45) is 0 Å². The first-order valence-corrected chi connectivity index (χ1v) is 5.43. The predicted molar refractivity (Wildman–Crippen MR) is 72.7 cm³/mol. The predicted octanol–water partition coefficient (Wildman–Crippen LogP) is 3.54. The molecule has 0 aliphatic heterocycles. The van der Waals surface area contributed by atoms with Gasteiger partial charge in [-0.15, -0.1) is 0 Å². The number of hydrogen-bond acceptors (Lipinski definition) is 5. The van der Waals surface area contributed by atoms with Crippen LogP contribution >= 0.6 is 0 Å².